The molecule has 0 saturated heterocycles. The number of hydrogen-bond acceptors (Lipinski definition) is 6. The lowest BCUT2D eigenvalue weighted by Crippen LogP contribution is -2.40. The summed E-state index contributed by atoms with van der Waals surface area (Å²) < 4.78 is 38.6. The summed E-state index contributed by atoms with van der Waals surface area (Å²) >= 11 is 0. The van der Waals surface area contributed by atoms with Gasteiger partial charge in [-0.2, -0.15) is 18.2 Å². The minimum absolute atomic E-state index is 0.00777. The van der Waals surface area contributed by atoms with E-state index in [0.717, 1.165) is 6.07 Å². The first-order chi connectivity index (χ1) is 9.68. The smallest absolute Gasteiger partial charge is 0.353 e. The highest BCUT2D eigenvalue weighted by Crippen LogP contribution is 2.30. The van der Waals surface area contributed by atoms with Gasteiger partial charge >= 0.3 is 6.18 Å². The van der Waals surface area contributed by atoms with Crippen molar-refractivity contribution >= 4 is 11.8 Å². The van der Waals surface area contributed by atoms with E-state index in [0.29, 0.717) is 13.1 Å². The number of halogens is 3. The van der Waals surface area contributed by atoms with E-state index in [1.807, 2.05) is 32.8 Å². The number of nitrogens with zero attached hydrogens (tertiary/aromatic N) is 4. The van der Waals surface area contributed by atoms with Crippen LogP contribution in [0.15, 0.2) is 6.07 Å². The highest BCUT2D eigenvalue weighted by Gasteiger charge is 2.34. The van der Waals surface area contributed by atoms with E-state index in [1.54, 1.807) is 4.90 Å². The van der Waals surface area contributed by atoms with Crippen molar-refractivity contribution in [3.05, 3.63) is 11.8 Å². The number of anilines is 2. The van der Waals surface area contributed by atoms with Crippen LogP contribution >= 0.6 is 0 Å². The topological polar surface area (TPSA) is 70.3 Å². The van der Waals surface area contributed by atoms with Crippen molar-refractivity contribution in [3.63, 3.8) is 0 Å². The molecule has 1 aromatic heterocycles. The molecule has 1 aromatic rings. The van der Waals surface area contributed by atoms with Crippen LogP contribution in [0.4, 0.5) is 24.9 Å². The Morgan fingerprint density at radius 3 is 2.38 bits per heavy atom. The van der Waals surface area contributed by atoms with E-state index in [4.69, 9.17) is 5.84 Å². The molecule has 0 aromatic carbocycles. The lowest BCUT2D eigenvalue weighted by Gasteiger charge is -2.31. The van der Waals surface area contributed by atoms with E-state index >= 15 is 0 Å². The maximum absolute atomic E-state index is 12.9. The molecule has 9 heteroatoms. The van der Waals surface area contributed by atoms with Gasteiger partial charge in [0, 0.05) is 25.2 Å². The Morgan fingerprint density at radius 2 is 1.95 bits per heavy atom. The van der Waals surface area contributed by atoms with Crippen LogP contribution in [0.1, 0.15) is 19.5 Å². The largest absolute Gasteiger partial charge is 0.433 e. The minimum atomic E-state index is -4.55. The molecular formula is C12H21F3N6. The van der Waals surface area contributed by atoms with Crippen molar-refractivity contribution in [3.8, 4) is 0 Å². The van der Waals surface area contributed by atoms with Gasteiger partial charge in [-0.25, -0.2) is 10.8 Å². The number of hydrazine groups is 1. The van der Waals surface area contributed by atoms with Gasteiger partial charge < -0.3 is 9.80 Å². The Morgan fingerprint density at radius 1 is 1.33 bits per heavy atom. The van der Waals surface area contributed by atoms with Gasteiger partial charge in [-0.3, -0.25) is 5.43 Å². The first-order valence-corrected chi connectivity index (χ1v) is 6.53. The van der Waals surface area contributed by atoms with Gasteiger partial charge in [-0.15, -0.1) is 0 Å². The summed E-state index contributed by atoms with van der Waals surface area (Å²) in [4.78, 5) is 11.1. The molecule has 0 aliphatic carbocycles. The van der Waals surface area contributed by atoms with Crippen molar-refractivity contribution in [2.24, 2.45) is 5.84 Å². The van der Waals surface area contributed by atoms with Crippen molar-refractivity contribution in [2.45, 2.75) is 26.1 Å². The number of nitrogens with one attached hydrogen (secondary N) is 1. The summed E-state index contributed by atoms with van der Waals surface area (Å²) in [7, 11) is 3.80. The molecule has 0 spiro atoms. The first-order valence-electron chi connectivity index (χ1n) is 6.53. The number of aromatic nitrogens is 2. The molecule has 3 N–H and O–H groups in total. The lowest BCUT2D eigenvalue weighted by molar-refractivity contribution is -0.141. The van der Waals surface area contributed by atoms with Crippen LogP contribution in [0.25, 0.3) is 0 Å². The summed E-state index contributed by atoms with van der Waals surface area (Å²) in [6.07, 6.45) is -4.55. The maximum atomic E-state index is 12.9. The average molecular weight is 306 g/mol. The second-order valence-corrected chi connectivity index (χ2v) is 4.97. The van der Waals surface area contributed by atoms with Crippen LogP contribution in [0.5, 0.6) is 0 Å². The van der Waals surface area contributed by atoms with Crippen molar-refractivity contribution in [2.75, 3.05) is 37.5 Å². The summed E-state index contributed by atoms with van der Waals surface area (Å²) in [6, 6.07) is 0.933. The Balaban J connectivity index is 3.19. The number of hydrogen-bond donors (Lipinski definition) is 2. The molecule has 0 aliphatic rings. The molecule has 0 bridgehead atoms. The highest BCUT2D eigenvalue weighted by atomic mass is 19.4. The summed E-state index contributed by atoms with van der Waals surface area (Å²) in [5.41, 5.74) is 1.06. The zero-order valence-electron chi connectivity index (χ0n) is 12.6. The molecule has 0 saturated carbocycles. The van der Waals surface area contributed by atoms with Crippen molar-refractivity contribution in [1.82, 2.24) is 14.9 Å². The molecule has 21 heavy (non-hydrogen) atoms. The van der Waals surface area contributed by atoms with Crippen LogP contribution < -0.4 is 16.2 Å². The zero-order chi connectivity index (χ0) is 16.2. The zero-order valence-corrected chi connectivity index (χ0v) is 12.6. The average Bonchev–Trinajstić information content (AvgIpc) is 2.37. The SMILES string of the molecule is CCN(c1cc(C(F)(F)F)nc(NN)n1)C(C)CN(C)C. The molecule has 1 unspecified atom stereocenters. The standard InChI is InChI=1S/C12H21F3N6/c1-5-21(8(2)7-20(3)4)10-6-9(12(13,14)15)17-11(18-10)19-16/h6,8H,5,7,16H2,1-4H3,(H,17,18,19). The van der Waals surface area contributed by atoms with E-state index in [2.05, 4.69) is 15.4 Å². The van der Waals surface area contributed by atoms with E-state index in [9.17, 15) is 13.2 Å². The monoisotopic (exact) mass is 306 g/mol. The molecule has 0 amide bonds. The van der Waals surface area contributed by atoms with E-state index in [1.165, 1.54) is 0 Å². The van der Waals surface area contributed by atoms with Gasteiger partial charge in [0.2, 0.25) is 5.95 Å². The fourth-order valence-corrected chi connectivity index (χ4v) is 2.12. The van der Waals surface area contributed by atoms with Gasteiger partial charge in [-0.1, -0.05) is 0 Å². The fraction of sp³-hybridized carbons (Fsp3) is 0.667. The number of rotatable bonds is 6. The Hall–Kier alpha value is -1.61. The van der Waals surface area contributed by atoms with Crippen LogP contribution in [0.2, 0.25) is 0 Å². The fourth-order valence-electron chi connectivity index (χ4n) is 2.12. The highest BCUT2D eigenvalue weighted by molar-refractivity contribution is 5.46. The van der Waals surface area contributed by atoms with E-state index in [-0.39, 0.29) is 17.8 Å². The minimum Gasteiger partial charge on any atom is -0.353 e. The molecule has 1 heterocycles. The Kier molecular flexibility index (Phi) is 5.73. The van der Waals surface area contributed by atoms with E-state index < -0.39 is 11.9 Å². The lowest BCUT2D eigenvalue weighted by atomic mass is 10.2. The van der Waals surface area contributed by atoms with Crippen LogP contribution in [-0.2, 0) is 6.18 Å². The maximum Gasteiger partial charge on any atom is 0.433 e. The second-order valence-electron chi connectivity index (χ2n) is 4.97. The first kappa shape index (κ1) is 17.4. The molecule has 0 radical (unpaired) electrons. The molecular weight excluding hydrogens is 285 g/mol. The number of nitrogen functional groups attached to an aromatic ring is 1. The third-order valence-corrected chi connectivity index (χ3v) is 2.93. The van der Waals surface area contributed by atoms with Gasteiger partial charge in [0.1, 0.15) is 5.82 Å². The Bertz CT molecular complexity index is 463. The predicted octanol–water partition coefficient (Wildman–Crippen LogP) is 1.56. The predicted molar refractivity (Wildman–Crippen MR) is 75.9 cm³/mol. The third-order valence-electron chi connectivity index (χ3n) is 2.93. The number of nitrogens with two attached hydrogens (primary N) is 1. The normalized spacial score (nSPS) is 13.4. The van der Waals surface area contributed by atoms with Crippen LogP contribution in [-0.4, -0.2) is 48.1 Å². The summed E-state index contributed by atoms with van der Waals surface area (Å²) in [5.74, 6) is 5.10. The molecule has 1 rings (SSSR count). The Labute approximate surface area is 122 Å². The van der Waals surface area contributed by atoms with Crippen LogP contribution in [0, 0.1) is 0 Å². The molecule has 120 valence electrons. The molecule has 0 aliphatic heterocycles. The second kappa shape index (κ2) is 6.90. The van der Waals surface area contributed by atoms with Crippen molar-refractivity contribution < 1.29 is 13.2 Å². The van der Waals surface area contributed by atoms with Gasteiger partial charge in [0.25, 0.3) is 0 Å². The summed E-state index contributed by atoms with van der Waals surface area (Å²) in [5, 5.41) is 0. The van der Waals surface area contributed by atoms with Crippen LogP contribution in [0.3, 0.4) is 0 Å². The molecule has 0 fully saturated rings. The van der Waals surface area contributed by atoms with Gasteiger partial charge in [0.05, 0.1) is 0 Å². The summed E-state index contributed by atoms with van der Waals surface area (Å²) in [6.45, 7) is 4.99. The van der Waals surface area contributed by atoms with Crippen molar-refractivity contribution in [1.29, 1.82) is 0 Å². The molecule has 6 nitrogen and oxygen atoms in total. The third kappa shape index (κ3) is 4.71. The molecule has 1 atom stereocenters. The number of likely N-dealkylation sites (N-methyl/N-ethyl adjacent to an activating group) is 2. The van der Waals surface area contributed by atoms with Gasteiger partial charge in [0.15, 0.2) is 5.69 Å². The quantitative estimate of drug-likeness (QED) is 0.614. The van der Waals surface area contributed by atoms with Gasteiger partial charge in [-0.05, 0) is 27.9 Å². The number of alkyl halides is 3.